The molecule has 1 fully saturated rings. The highest BCUT2D eigenvalue weighted by molar-refractivity contribution is 7.88. The van der Waals surface area contributed by atoms with E-state index in [1.807, 2.05) is 0 Å². The Morgan fingerprint density at radius 2 is 1.81 bits per heavy atom. The number of rotatable bonds is 7. The number of nitrogens with one attached hydrogen (secondary N) is 2. The third-order valence-electron chi connectivity index (χ3n) is 6.52. The van der Waals surface area contributed by atoms with Gasteiger partial charge in [0, 0.05) is 0 Å². The molecule has 230 valence electrons. The van der Waals surface area contributed by atoms with E-state index in [4.69, 9.17) is 4.65 Å². The zero-order valence-electron chi connectivity index (χ0n) is 21.8. The van der Waals surface area contributed by atoms with Crippen LogP contribution in [0.2, 0.25) is 0 Å². The van der Waals surface area contributed by atoms with Gasteiger partial charge >= 0.3 is 32.7 Å². The summed E-state index contributed by atoms with van der Waals surface area (Å²) < 4.78 is 69.5. The number of halogens is 2. The molecule has 0 bridgehead atoms. The normalized spacial score (nSPS) is 17.7. The Morgan fingerprint density at radius 3 is 2.37 bits per heavy atom. The van der Waals surface area contributed by atoms with Crippen molar-refractivity contribution in [1.29, 1.82) is 0 Å². The maximum absolute atomic E-state index is 14.7. The molecule has 2 aromatic carbocycles. The molecular weight excluding hydrogens is 624 g/mol. The first kappa shape index (κ1) is 31.8. The van der Waals surface area contributed by atoms with Gasteiger partial charge in [0.1, 0.15) is 29.0 Å². The van der Waals surface area contributed by atoms with Crippen molar-refractivity contribution in [3.05, 3.63) is 58.7 Å². The second kappa shape index (κ2) is 11.5. The minimum atomic E-state index is -5.08. The van der Waals surface area contributed by atoms with Crippen LogP contribution in [-0.2, 0) is 25.8 Å². The third-order valence-corrected chi connectivity index (χ3v) is 8.65. The Morgan fingerprint density at radius 1 is 1.14 bits per heavy atom. The zero-order chi connectivity index (χ0) is 32.0. The molecule has 2 atom stereocenters. The molecule has 2 aromatic rings. The lowest BCUT2D eigenvalue weighted by molar-refractivity contribution is -0.123. The van der Waals surface area contributed by atoms with Crippen LogP contribution in [0.15, 0.2) is 30.3 Å². The van der Waals surface area contributed by atoms with E-state index in [0.29, 0.717) is 21.3 Å². The van der Waals surface area contributed by atoms with Crippen LogP contribution in [0, 0.1) is 11.6 Å². The number of carbonyl (C=O) groups excluding carboxylic acids is 3. The number of urea groups is 2. The Bertz CT molecular complexity index is 1690. The number of sulfonamides is 1. The molecule has 1 unspecified atom stereocenters. The quantitative estimate of drug-likeness (QED) is 0.158. The van der Waals surface area contributed by atoms with Gasteiger partial charge in [-0.1, -0.05) is 12.1 Å². The Kier molecular flexibility index (Phi) is 8.54. The van der Waals surface area contributed by atoms with Crippen LogP contribution in [0.4, 0.5) is 18.4 Å². The van der Waals surface area contributed by atoms with Gasteiger partial charge in [0.15, 0.2) is 0 Å². The number of imide groups is 1. The summed E-state index contributed by atoms with van der Waals surface area (Å²) in [7, 11) is -11.1. The predicted molar refractivity (Wildman–Crippen MR) is 141 cm³/mol. The van der Waals surface area contributed by atoms with Crippen LogP contribution >= 0.6 is 7.60 Å². The van der Waals surface area contributed by atoms with Gasteiger partial charge in [-0.05, 0) is 35.7 Å². The Balaban J connectivity index is 1.64. The lowest BCUT2D eigenvalue weighted by Gasteiger charge is -2.30. The first-order valence-electron chi connectivity index (χ1n) is 12.0. The van der Waals surface area contributed by atoms with Gasteiger partial charge in [-0.15, -0.1) is 0 Å². The molecular formula is C22H22BF2N4O12PS. The van der Waals surface area contributed by atoms with Gasteiger partial charge in [0.2, 0.25) is 15.9 Å². The van der Waals surface area contributed by atoms with E-state index in [2.05, 4.69) is 10.6 Å². The second-order valence-electron chi connectivity index (χ2n) is 9.45. The average Bonchev–Trinajstić information content (AvgIpc) is 3.28. The van der Waals surface area contributed by atoms with Crippen molar-refractivity contribution in [2.45, 2.75) is 18.4 Å². The van der Waals surface area contributed by atoms with Crippen LogP contribution < -0.4 is 20.6 Å². The van der Waals surface area contributed by atoms with Crippen LogP contribution in [-0.4, -0.2) is 93.9 Å². The molecule has 5 amide bonds. The molecule has 2 heterocycles. The van der Waals surface area contributed by atoms with Crippen molar-refractivity contribution in [3.63, 3.8) is 0 Å². The molecule has 0 aromatic heterocycles. The maximum atomic E-state index is 14.7. The van der Waals surface area contributed by atoms with Crippen molar-refractivity contribution < 1.29 is 65.5 Å². The van der Waals surface area contributed by atoms with Crippen LogP contribution in [0.5, 0.6) is 5.75 Å². The monoisotopic (exact) mass is 646 g/mol. The fourth-order valence-electron chi connectivity index (χ4n) is 4.48. The minimum absolute atomic E-state index is 0.0792. The predicted octanol–water partition coefficient (Wildman–Crippen LogP) is -0.946. The number of hydrogen-bond donors (Lipinski definition) is 6. The summed E-state index contributed by atoms with van der Waals surface area (Å²) in [6, 6.07) is -0.321. The van der Waals surface area contributed by atoms with E-state index in [-0.39, 0.29) is 17.5 Å². The molecule has 4 rings (SSSR count). The zero-order valence-corrected chi connectivity index (χ0v) is 23.5. The summed E-state index contributed by atoms with van der Waals surface area (Å²) in [6.45, 7) is -0.802. The van der Waals surface area contributed by atoms with Gasteiger partial charge in [-0.2, -0.15) is 0 Å². The van der Waals surface area contributed by atoms with E-state index in [1.165, 1.54) is 0 Å². The van der Waals surface area contributed by atoms with E-state index in [1.54, 1.807) is 0 Å². The third kappa shape index (κ3) is 6.47. The second-order valence-corrected chi connectivity index (χ2v) is 12.9. The molecule has 1 saturated heterocycles. The average molecular weight is 646 g/mol. The topological polar surface area (TPSA) is 240 Å². The Hall–Kier alpha value is -4.10. The van der Waals surface area contributed by atoms with Gasteiger partial charge in [-0.25, -0.2) is 40.8 Å². The number of aromatic carboxylic acids is 1. The first-order valence-corrected chi connectivity index (χ1v) is 15.5. The number of carboxylic acid groups (broad SMARTS) is 1. The highest BCUT2D eigenvalue weighted by atomic mass is 32.2. The molecule has 2 aliphatic heterocycles. The molecule has 21 heteroatoms. The van der Waals surface area contributed by atoms with E-state index < -0.39 is 102 Å². The summed E-state index contributed by atoms with van der Waals surface area (Å²) in [4.78, 5) is 69.5. The number of hydrogen-bond acceptors (Lipinski definition) is 9. The van der Waals surface area contributed by atoms with Gasteiger partial charge in [-0.3, -0.25) is 9.36 Å². The molecule has 0 spiro atoms. The van der Waals surface area contributed by atoms with E-state index >= 15 is 0 Å². The van der Waals surface area contributed by atoms with Crippen molar-refractivity contribution in [3.8, 4) is 5.75 Å². The number of carbonyl (C=O) groups is 4. The number of benzene rings is 2. The number of nitrogens with zero attached hydrogens (tertiary/aromatic N) is 2. The summed E-state index contributed by atoms with van der Waals surface area (Å²) in [5, 5.41) is 23.2. The maximum Gasteiger partial charge on any atom is 0.547 e. The fraction of sp³-hybridized carbons (Fsp3) is 0.273. The number of carboxylic acids is 1. The van der Waals surface area contributed by atoms with Crippen molar-refractivity contribution >= 4 is 54.0 Å². The van der Waals surface area contributed by atoms with Gasteiger partial charge in [0.25, 0.3) is 0 Å². The molecule has 43 heavy (non-hydrogen) atoms. The summed E-state index contributed by atoms with van der Waals surface area (Å²) in [5.74, 6) is -7.27. The largest absolute Gasteiger partial charge is 0.547 e. The number of amides is 5. The number of fused-ring (bicyclic) bond motifs is 1. The minimum Gasteiger partial charge on any atom is -0.534 e. The highest BCUT2D eigenvalue weighted by Gasteiger charge is 2.42. The molecule has 16 nitrogen and oxygen atoms in total. The van der Waals surface area contributed by atoms with Crippen molar-refractivity contribution in [2.75, 3.05) is 19.3 Å². The van der Waals surface area contributed by atoms with E-state index in [0.717, 1.165) is 24.5 Å². The van der Waals surface area contributed by atoms with Crippen LogP contribution in [0.1, 0.15) is 27.5 Å². The van der Waals surface area contributed by atoms with E-state index in [9.17, 15) is 60.9 Å². The highest BCUT2D eigenvalue weighted by Crippen LogP contribution is 2.35. The van der Waals surface area contributed by atoms with Gasteiger partial charge in [0.05, 0.1) is 30.6 Å². The SMILES string of the molecule is CS(=O)(=O)N1CCN(C(=O)NC(C(=O)N[C@H]2Cc3ccc(F)c(C(=O)O)c3OB2O)c2ccc(P(=O)(O)O)c(F)c2)C1=O. The first-order chi connectivity index (χ1) is 19.9. The van der Waals surface area contributed by atoms with Gasteiger partial charge < -0.3 is 35.2 Å². The Labute approximate surface area is 241 Å². The van der Waals surface area contributed by atoms with Crippen LogP contribution in [0.25, 0.3) is 0 Å². The standard InChI is InChI=1S/C22H22BF2N4O12PS/c1-43(39,40)29-7-6-28(22(29)34)21(33)27-17(10-3-5-14(13(25)8-10)42(36,37)38)19(30)26-15-9-11-2-4-12(24)16(20(31)32)18(11)41-23(15)35/h2-5,8,15,17,35H,6-7,9H2,1H3,(H,26,30)(H,27,33)(H,31,32)(H2,36,37,38)/t15-,17?/m0/s1. The van der Waals surface area contributed by atoms with Crippen molar-refractivity contribution in [2.24, 2.45) is 0 Å². The summed E-state index contributed by atoms with van der Waals surface area (Å²) in [5.41, 5.74) is -1.16. The smallest absolute Gasteiger partial charge is 0.534 e. The molecule has 0 saturated carbocycles. The summed E-state index contributed by atoms with van der Waals surface area (Å²) >= 11 is 0. The molecule has 0 radical (unpaired) electrons. The summed E-state index contributed by atoms with van der Waals surface area (Å²) in [6.07, 6.45) is 0.431. The lowest BCUT2D eigenvalue weighted by Crippen LogP contribution is -2.56. The molecule has 6 N–H and O–H groups in total. The van der Waals surface area contributed by atoms with Crippen LogP contribution in [0.3, 0.4) is 0 Å². The molecule has 0 aliphatic carbocycles. The lowest BCUT2D eigenvalue weighted by atomic mass is 9.72. The molecule has 2 aliphatic rings. The fourth-order valence-corrected chi connectivity index (χ4v) is 5.89. The van der Waals surface area contributed by atoms with Crippen molar-refractivity contribution in [1.82, 2.24) is 19.8 Å².